The lowest BCUT2D eigenvalue weighted by Gasteiger charge is -2.22. The fourth-order valence-electron chi connectivity index (χ4n) is 11.5. The summed E-state index contributed by atoms with van der Waals surface area (Å²) in [6, 6.07) is 71.5. The quantitative estimate of drug-likeness (QED) is 0.0128. The standard InChI is InChI=1S/C82H91N9O9.ClH/c83-49-13-10-22-73(89-76(92)52-58-25-43-70(44-26-58)98-55-61-16-4-1-5-17-61)80(95)86-67-37-31-64(32-38-67)79(65-33-39-68(40-34-65)87-81(96)74(23-11-14-50-84)90-77(93)53-59-27-45-71(46-28-59)99-56-62-18-6-2-7-19-62)66-35-41-69(42-36-66)88-82(97)75(24-12-15-51-85)91-78(94)54-60-29-47-72(48-30-60)100-57-63-20-8-3-9-21-63;/h1-9,16-21,25-48,73-75,79H,10-15,22-24,49-57,83-85H2,(H,86,95)(H,87,96)(H,88,97)(H,89,92)(H,90,93)(H,91,94);1H/t73-,74-,75-;/m0./s1. The third-order valence-corrected chi connectivity index (χ3v) is 16.9. The number of rotatable bonds is 39. The molecule has 12 N–H and O–H groups in total. The minimum Gasteiger partial charge on any atom is -0.489 e. The molecule has 101 heavy (non-hydrogen) atoms. The van der Waals surface area contributed by atoms with Gasteiger partial charge in [-0.1, -0.05) is 164 Å². The second-order valence-corrected chi connectivity index (χ2v) is 24.8. The number of unbranched alkanes of at least 4 members (excludes halogenated alkanes) is 3. The number of benzene rings is 9. The topological polar surface area (TPSA) is 280 Å². The molecule has 0 aliphatic heterocycles. The lowest BCUT2D eigenvalue weighted by Crippen LogP contribution is -2.44. The Morgan fingerprint density at radius 3 is 0.782 bits per heavy atom. The fraction of sp³-hybridized carbons (Fsp3) is 0.268. The van der Waals surface area contributed by atoms with Crippen LogP contribution in [0.1, 0.15) is 114 Å². The van der Waals surface area contributed by atoms with Gasteiger partial charge in [-0.25, -0.2) is 0 Å². The summed E-state index contributed by atoms with van der Waals surface area (Å²) in [6.07, 6.45) is 5.22. The van der Waals surface area contributed by atoms with Crippen molar-refractivity contribution in [2.45, 2.75) is 121 Å². The molecule has 526 valence electrons. The van der Waals surface area contributed by atoms with Gasteiger partial charge in [0.1, 0.15) is 55.2 Å². The molecule has 0 heterocycles. The van der Waals surface area contributed by atoms with Gasteiger partial charge in [-0.15, -0.1) is 12.4 Å². The molecule has 6 amide bonds. The molecule has 0 aliphatic carbocycles. The fourth-order valence-corrected chi connectivity index (χ4v) is 11.5. The number of hydrogen-bond acceptors (Lipinski definition) is 12. The van der Waals surface area contributed by atoms with Gasteiger partial charge >= 0.3 is 0 Å². The maximum Gasteiger partial charge on any atom is 0.246 e. The number of anilines is 3. The molecule has 0 spiro atoms. The normalized spacial score (nSPS) is 11.8. The van der Waals surface area contributed by atoms with Gasteiger partial charge in [-0.2, -0.15) is 0 Å². The van der Waals surface area contributed by atoms with Gasteiger partial charge < -0.3 is 63.3 Å². The van der Waals surface area contributed by atoms with E-state index in [2.05, 4.69) is 31.9 Å². The van der Waals surface area contributed by atoms with E-state index in [4.69, 9.17) is 31.4 Å². The van der Waals surface area contributed by atoms with Crippen molar-refractivity contribution in [1.82, 2.24) is 16.0 Å². The van der Waals surface area contributed by atoms with Crippen LogP contribution in [0.15, 0.2) is 237 Å². The van der Waals surface area contributed by atoms with Crippen molar-refractivity contribution in [3.8, 4) is 17.2 Å². The van der Waals surface area contributed by atoms with Gasteiger partial charge in [0.15, 0.2) is 0 Å². The van der Waals surface area contributed by atoms with E-state index in [-0.39, 0.29) is 67.1 Å². The van der Waals surface area contributed by atoms with E-state index in [0.717, 1.165) is 50.1 Å². The molecule has 0 radical (unpaired) electrons. The van der Waals surface area contributed by atoms with Crippen molar-refractivity contribution in [3.63, 3.8) is 0 Å². The van der Waals surface area contributed by atoms with Crippen LogP contribution in [-0.4, -0.2) is 73.2 Å². The molecule has 0 aliphatic rings. The maximum atomic E-state index is 14.1. The Labute approximate surface area is 598 Å². The van der Waals surface area contributed by atoms with Crippen molar-refractivity contribution in [3.05, 3.63) is 287 Å². The maximum absolute atomic E-state index is 14.1. The van der Waals surface area contributed by atoms with Gasteiger partial charge in [-0.3, -0.25) is 28.8 Å². The molecule has 19 heteroatoms. The molecule has 9 rings (SSSR count). The first-order valence-corrected chi connectivity index (χ1v) is 34.3. The third-order valence-electron chi connectivity index (χ3n) is 16.9. The predicted molar refractivity (Wildman–Crippen MR) is 401 cm³/mol. The lowest BCUT2D eigenvalue weighted by molar-refractivity contribution is -0.126. The van der Waals surface area contributed by atoms with E-state index in [1.807, 2.05) is 237 Å². The minimum absolute atomic E-state index is 0. The highest BCUT2D eigenvalue weighted by Crippen LogP contribution is 2.35. The van der Waals surface area contributed by atoms with Crippen LogP contribution in [0.4, 0.5) is 17.1 Å². The zero-order valence-corrected chi connectivity index (χ0v) is 57.7. The van der Waals surface area contributed by atoms with E-state index in [1.54, 1.807) is 0 Å². The molecule has 3 atom stereocenters. The molecular formula is C82H92ClN9O9. The zero-order chi connectivity index (χ0) is 70.1. The molecule has 0 saturated heterocycles. The second-order valence-electron chi connectivity index (χ2n) is 24.8. The van der Waals surface area contributed by atoms with Crippen LogP contribution in [0, 0.1) is 0 Å². The van der Waals surface area contributed by atoms with Crippen LogP contribution in [0.25, 0.3) is 0 Å². The summed E-state index contributed by atoms with van der Waals surface area (Å²) in [5, 5.41) is 18.0. The van der Waals surface area contributed by atoms with E-state index in [1.165, 1.54) is 0 Å². The Kier molecular flexibility index (Phi) is 31.0. The predicted octanol–water partition coefficient (Wildman–Crippen LogP) is 12.4. The first-order valence-electron chi connectivity index (χ1n) is 34.3. The molecule has 18 nitrogen and oxygen atoms in total. The first-order chi connectivity index (χ1) is 48.9. The van der Waals surface area contributed by atoms with Crippen LogP contribution < -0.4 is 63.3 Å². The van der Waals surface area contributed by atoms with E-state index < -0.39 is 24.0 Å². The van der Waals surface area contributed by atoms with Gasteiger partial charge in [0, 0.05) is 23.0 Å². The van der Waals surface area contributed by atoms with Gasteiger partial charge in [0.2, 0.25) is 35.4 Å². The molecule has 9 aromatic rings. The number of halogens is 1. The number of hydrogen-bond donors (Lipinski definition) is 9. The summed E-state index contributed by atoms with van der Waals surface area (Å²) in [5.74, 6) is -0.408. The number of carbonyl (C=O) groups is 6. The molecule has 0 saturated carbocycles. The van der Waals surface area contributed by atoms with Crippen LogP contribution in [-0.2, 0) is 67.9 Å². The van der Waals surface area contributed by atoms with Crippen molar-refractivity contribution in [1.29, 1.82) is 0 Å². The average Bonchev–Trinajstić information content (AvgIpc) is 0.803. The van der Waals surface area contributed by atoms with Gasteiger partial charge in [0.25, 0.3) is 0 Å². The highest BCUT2D eigenvalue weighted by atomic mass is 35.5. The van der Waals surface area contributed by atoms with Gasteiger partial charge in [0.05, 0.1) is 19.3 Å². The number of amides is 6. The Bertz CT molecular complexity index is 3570. The number of nitrogens with one attached hydrogen (secondary N) is 6. The van der Waals surface area contributed by atoms with E-state index in [9.17, 15) is 28.8 Å². The molecule has 0 bridgehead atoms. The summed E-state index contributed by atoms with van der Waals surface area (Å²) in [4.78, 5) is 83.0. The number of carbonyl (C=O) groups excluding carboxylic acids is 6. The Morgan fingerprint density at radius 2 is 0.545 bits per heavy atom. The highest BCUT2D eigenvalue weighted by molar-refractivity contribution is 5.99. The van der Waals surface area contributed by atoms with Crippen LogP contribution in [0.2, 0.25) is 0 Å². The minimum atomic E-state index is -0.836. The Morgan fingerprint density at radius 1 is 0.297 bits per heavy atom. The molecule has 0 fully saturated rings. The smallest absolute Gasteiger partial charge is 0.246 e. The first kappa shape index (κ1) is 76.1. The molecule has 9 aromatic carbocycles. The summed E-state index contributed by atoms with van der Waals surface area (Å²) in [7, 11) is 0. The molecule has 0 unspecified atom stereocenters. The van der Waals surface area contributed by atoms with Crippen molar-refractivity contribution >= 4 is 64.9 Å². The van der Waals surface area contributed by atoms with Crippen LogP contribution >= 0.6 is 12.4 Å². The van der Waals surface area contributed by atoms with Crippen LogP contribution in [0.3, 0.4) is 0 Å². The lowest BCUT2D eigenvalue weighted by atomic mass is 9.85. The van der Waals surface area contributed by atoms with Crippen molar-refractivity contribution in [2.75, 3.05) is 35.6 Å². The third kappa shape index (κ3) is 25.6. The van der Waals surface area contributed by atoms with E-state index >= 15 is 0 Å². The van der Waals surface area contributed by atoms with Crippen LogP contribution in [0.5, 0.6) is 17.2 Å². The SMILES string of the molecule is Cl.NCCCC[C@H](NC(=O)Cc1ccc(OCc2ccccc2)cc1)C(=O)Nc1ccc(C(c2ccc(NC(=O)[C@H](CCCCN)NC(=O)Cc3ccc(OCc4ccccc4)cc3)cc2)c2ccc(NC(=O)[C@H](CCCCN)NC(=O)Cc3ccc(OCc4ccccc4)cc3)cc2)cc1. The molecule has 0 aromatic heterocycles. The van der Waals surface area contributed by atoms with Crippen molar-refractivity contribution in [2.24, 2.45) is 17.2 Å². The largest absolute Gasteiger partial charge is 0.489 e. The van der Waals surface area contributed by atoms with Crippen molar-refractivity contribution < 1.29 is 43.0 Å². The average molecular weight is 1380 g/mol. The zero-order valence-electron chi connectivity index (χ0n) is 56.9. The summed E-state index contributed by atoms with van der Waals surface area (Å²) in [6.45, 7) is 2.58. The summed E-state index contributed by atoms with van der Waals surface area (Å²) in [5.41, 5.74) is 27.1. The number of ether oxygens (including phenoxy) is 3. The number of nitrogens with two attached hydrogens (primary N) is 3. The molecular weight excluding hydrogens is 1290 g/mol. The summed E-state index contributed by atoms with van der Waals surface area (Å²) < 4.78 is 17.8. The Balaban J connectivity index is 0.0000130. The Hall–Kier alpha value is -10.6. The monoisotopic (exact) mass is 1380 g/mol. The second kappa shape index (κ2) is 41.1. The highest BCUT2D eigenvalue weighted by Gasteiger charge is 2.26. The van der Waals surface area contributed by atoms with Gasteiger partial charge in [-0.05, 0) is 200 Å². The summed E-state index contributed by atoms with van der Waals surface area (Å²) >= 11 is 0. The van der Waals surface area contributed by atoms with E-state index in [0.29, 0.717) is 132 Å².